The molecule has 0 aliphatic carbocycles. The van der Waals surface area contributed by atoms with E-state index in [0.717, 1.165) is 18.1 Å². The van der Waals surface area contributed by atoms with Gasteiger partial charge in [-0.2, -0.15) is 0 Å². The number of nitrogens with one attached hydrogen (secondary N) is 3. The number of hydrogen-bond acceptors (Lipinski definition) is 3. The van der Waals surface area contributed by atoms with E-state index < -0.39 is 0 Å². The van der Waals surface area contributed by atoms with Gasteiger partial charge in [-0.05, 0) is 48.6 Å². The quantitative estimate of drug-likeness (QED) is 0.585. The van der Waals surface area contributed by atoms with Crippen molar-refractivity contribution in [3.05, 3.63) is 53.7 Å². The first-order valence-corrected chi connectivity index (χ1v) is 6.98. The van der Waals surface area contributed by atoms with Gasteiger partial charge in [0.25, 0.3) is 0 Å². The van der Waals surface area contributed by atoms with Crippen LogP contribution in [0.4, 0.5) is 11.5 Å². The summed E-state index contributed by atoms with van der Waals surface area (Å²) in [7, 11) is 0. The van der Waals surface area contributed by atoms with Gasteiger partial charge in [0.1, 0.15) is 5.82 Å². The van der Waals surface area contributed by atoms with Gasteiger partial charge in [0.2, 0.25) is 0 Å². The van der Waals surface area contributed by atoms with E-state index in [1.165, 1.54) is 0 Å². The lowest BCUT2D eigenvalue weighted by atomic mass is 10.3. The van der Waals surface area contributed by atoms with Crippen LogP contribution in [0.1, 0.15) is 0 Å². The normalized spacial score (nSPS) is 9.85. The van der Waals surface area contributed by atoms with Crippen molar-refractivity contribution >= 4 is 40.4 Å². The minimum Gasteiger partial charge on any atom is -0.368 e. The van der Waals surface area contributed by atoms with Crippen LogP contribution < -0.4 is 16.0 Å². The average Bonchev–Trinajstić information content (AvgIpc) is 2.47. The zero-order chi connectivity index (χ0) is 14.2. The van der Waals surface area contributed by atoms with E-state index in [1.807, 2.05) is 42.5 Å². The SMILES string of the molecule is S=C(NCCNc1ccccn1)Nc1ccc(Cl)cc1. The number of benzene rings is 1. The summed E-state index contributed by atoms with van der Waals surface area (Å²) in [6, 6.07) is 13.1. The molecule has 2 aromatic rings. The Morgan fingerprint density at radius 3 is 2.60 bits per heavy atom. The third kappa shape index (κ3) is 5.03. The highest BCUT2D eigenvalue weighted by Gasteiger charge is 1.97. The highest BCUT2D eigenvalue weighted by atomic mass is 35.5. The van der Waals surface area contributed by atoms with Gasteiger partial charge in [0, 0.05) is 30.0 Å². The molecule has 0 saturated carbocycles. The minimum atomic E-state index is 0.579. The summed E-state index contributed by atoms with van der Waals surface area (Å²) in [6.45, 7) is 1.44. The lowest BCUT2D eigenvalue weighted by Gasteiger charge is -2.11. The van der Waals surface area contributed by atoms with Gasteiger partial charge in [-0.25, -0.2) is 4.98 Å². The molecule has 3 N–H and O–H groups in total. The maximum atomic E-state index is 5.82. The van der Waals surface area contributed by atoms with Gasteiger partial charge in [-0.1, -0.05) is 17.7 Å². The smallest absolute Gasteiger partial charge is 0.170 e. The second-order valence-corrected chi connectivity index (χ2v) is 4.87. The van der Waals surface area contributed by atoms with Crippen molar-refractivity contribution in [2.24, 2.45) is 0 Å². The van der Waals surface area contributed by atoms with Gasteiger partial charge in [0.05, 0.1) is 0 Å². The summed E-state index contributed by atoms with van der Waals surface area (Å²) in [5, 5.41) is 10.7. The summed E-state index contributed by atoms with van der Waals surface area (Å²) in [4.78, 5) is 4.17. The zero-order valence-electron chi connectivity index (χ0n) is 10.8. The summed E-state index contributed by atoms with van der Waals surface area (Å²) in [5.74, 6) is 0.853. The van der Waals surface area contributed by atoms with Gasteiger partial charge in [-0.15, -0.1) is 0 Å². The van der Waals surface area contributed by atoms with Crippen LogP contribution in [0.5, 0.6) is 0 Å². The molecule has 0 aliphatic rings. The molecule has 0 aliphatic heterocycles. The molecular formula is C14H15ClN4S. The fourth-order valence-corrected chi connectivity index (χ4v) is 1.89. The van der Waals surface area contributed by atoms with Crippen LogP contribution in [0.15, 0.2) is 48.7 Å². The number of thiocarbonyl (C=S) groups is 1. The van der Waals surface area contributed by atoms with Crippen LogP contribution in [0, 0.1) is 0 Å². The first-order valence-electron chi connectivity index (χ1n) is 6.19. The van der Waals surface area contributed by atoms with Crippen molar-refractivity contribution in [2.75, 3.05) is 23.7 Å². The van der Waals surface area contributed by atoms with Crippen LogP contribution in [0.2, 0.25) is 5.02 Å². The second kappa shape index (κ2) is 7.67. The molecule has 0 amide bonds. The van der Waals surface area contributed by atoms with Crippen LogP contribution in [0.25, 0.3) is 0 Å². The van der Waals surface area contributed by atoms with E-state index >= 15 is 0 Å². The summed E-state index contributed by atoms with van der Waals surface area (Å²) in [6.07, 6.45) is 1.75. The Labute approximate surface area is 128 Å². The number of halogens is 1. The standard InChI is InChI=1S/C14H15ClN4S/c15-11-4-6-12(7-5-11)19-14(20)18-10-9-17-13-3-1-2-8-16-13/h1-8H,9-10H2,(H,16,17)(H2,18,19,20). The maximum absolute atomic E-state index is 5.82. The van der Waals surface area contributed by atoms with Crippen LogP contribution in [0.3, 0.4) is 0 Å². The number of aromatic nitrogens is 1. The molecule has 0 fully saturated rings. The third-order valence-corrected chi connectivity index (χ3v) is 2.98. The van der Waals surface area contributed by atoms with E-state index in [2.05, 4.69) is 20.9 Å². The topological polar surface area (TPSA) is 49.0 Å². The Kier molecular flexibility index (Phi) is 5.58. The third-order valence-electron chi connectivity index (χ3n) is 2.48. The predicted octanol–water partition coefficient (Wildman–Crippen LogP) is 3.13. The van der Waals surface area contributed by atoms with E-state index in [0.29, 0.717) is 16.7 Å². The lowest BCUT2D eigenvalue weighted by molar-refractivity contribution is 0.910. The fourth-order valence-electron chi connectivity index (χ4n) is 1.54. The van der Waals surface area contributed by atoms with Crippen LogP contribution >= 0.6 is 23.8 Å². The molecule has 1 aromatic heterocycles. The molecule has 0 atom stereocenters. The lowest BCUT2D eigenvalue weighted by Crippen LogP contribution is -2.32. The molecule has 0 radical (unpaired) electrons. The van der Waals surface area contributed by atoms with Gasteiger partial charge in [0.15, 0.2) is 5.11 Å². The molecule has 2 rings (SSSR count). The molecule has 4 nitrogen and oxygen atoms in total. The predicted molar refractivity (Wildman–Crippen MR) is 88.4 cm³/mol. The van der Waals surface area contributed by atoms with Crippen molar-refractivity contribution in [3.63, 3.8) is 0 Å². The Morgan fingerprint density at radius 2 is 1.90 bits per heavy atom. The molecule has 0 unspecified atom stereocenters. The van der Waals surface area contributed by atoms with Gasteiger partial charge < -0.3 is 16.0 Å². The van der Waals surface area contributed by atoms with Gasteiger partial charge >= 0.3 is 0 Å². The molecule has 0 bridgehead atoms. The highest BCUT2D eigenvalue weighted by molar-refractivity contribution is 7.80. The Hall–Kier alpha value is -1.85. The maximum Gasteiger partial charge on any atom is 0.170 e. The second-order valence-electron chi connectivity index (χ2n) is 4.03. The molecule has 6 heteroatoms. The first-order chi connectivity index (χ1) is 9.74. The number of anilines is 2. The van der Waals surface area contributed by atoms with Crippen molar-refractivity contribution in [1.29, 1.82) is 0 Å². The monoisotopic (exact) mass is 306 g/mol. The fraction of sp³-hybridized carbons (Fsp3) is 0.143. The van der Waals surface area contributed by atoms with E-state index in [-0.39, 0.29) is 0 Å². The molecule has 0 saturated heterocycles. The van der Waals surface area contributed by atoms with Crippen LogP contribution in [-0.4, -0.2) is 23.2 Å². The number of hydrogen-bond donors (Lipinski definition) is 3. The first kappa shape index (κ1) is 14.6. The van der Waals surface area contributed by atoms with E-state index in [9.17, 15) is 0 Å². The van der Waals surface area contributed by atoms with Crippen molar-refractivity contribution < 1.29 is 0 Å². The summed E-state index contributed by atoms with van der Waals surface area (Å²) < 4.78 is 0. The van der Waals surface area contributed by atoms with E-state index in [1.54, 1.807) is 6.20 Å². The summed E-state index contributed by atoms with van der Waals surface area (Å²) in [5.41, 5.74) is 0.907. The zero-order valence-corrected chi connectivity index (χ0v) is 12.3. The average molecular weight is 307 g/mol. The number of pyridine rings is 1. The van der Waals surface area contributed by atoms with E-state index in [4.69, 9.17) is 23.8 Å². The number of nitrogens with zero attached hydrogens (tertiary/aromatic N) is 1. The number of rotatable bonds is 5. The van der Waals surface area contributed by atoms with Crippen molar-refractivity contribution in [1.82, 2.24) is 10.3 Å². The molecule has 1 heterocycles. The largest absolute Gasteiger partial charge is 0.368 e. The van der Waals surface area contributed by atoms with Crippen molar-refractivity contribution in [3.8, 4) is 0 Å². The van der Waals surface area contributed by atoms with Crippen LogP contribution in [-0.2, 0) is 0 Å². The van der Waals surface area contributed by atoms with Crippen molar-refractivity contribution in [2.45, 2.75) is 0 Å². The summed E-state index contributed by atoms with van der Waals surface area (Å²) >= 11 is 11.0. The highest BCUT2D eigenvalue weighted by Crippen LogP contribution is 2.12. The molecule has 1 aromatic carbocycles. The minimum absolute atomic E-state index is 0.579. The molecule has 0 spiro atoms. The molecule has 104 valence electrons. The molecule has 20 heavy (non-hydrogen) atoms. The Balaban J connectivity index is 1.66. The Bertz CT molecular complexity index is 545. The van der Waals surface area contributed by atoms with Gasteiger partial charge in [-0.3, -0.25) is 0 Å². The Morgan fingerprint density at radius 1 is 1.10 bits per heavy atom. The molecular weight excluding hydrogens is 292 g/mol.